The van der Waals surface area contributed by atoms with E-state index >= 15 is 0 Å². The van der Waals surface area contributed by atoms with E-state index in [-0.39, 0.29) is 24.5 Å². The lowest BCUT2D eigenvalue weighted by Gasteiger charge is -2.10. The molecule has 0 fully saturated rings. The molecule has 0 spiro atoms. The third-order valence-corrected chi connectivity index (χ3v) is 3.53. The van der Waals surface area contributed by atoms with Gasteiger partial charge in [-0.2, -0.15) is 5.26 Å². The van der Waals surface area contributed by atoms with Crippen LogP contribution in [-0.2, 0) is 20.9 Å². The first kappa shape index (κ1) is 20.6. The lowest BCUT2D eigenvalue weighted by atomic mass is 10.1. The highest BCUT2D eigenvalue weighted by Gasteiger charge is 2.14. The number of nitriles is 1. The van der Waals surface area contributed by atoms with Crippen LogP contribution in [0, 0.1) is 11.3 Å². The van der Waals surface area contributed by atoms with Gasteiger partial charge in [-0.3, -0.25) is 0 Å². The van der Waals surface area contributed by atoms with Crippen molar-refractivity contribution in [3.63, 3.8) is 0 Å². The first-order chi connectivity index (χ1) is 13.5. The van der Waals surface area contributed by atoms with Gasteiger partial charge in [0.2, 0.25) is 5.76 Å². The van der Waals surface area contributed by atoms with E-state index in [0.717, 1.165) is 0 Å². The Bertz CT molecular complexity index is 921. The lowest BCUT2D eigenvalue weighted by Crippen LogP contribution is -2.06. The number of methoxy groups -OCH3 is 2. The van der Waals surface area contributed by atoms with Crippen molar-refractivity contribution in [1.82, 2.24) is 0 Å². The number of hydrogen-bond acceptors (Lipinski definition) is 8. The van der Waals surface area contributed by atoms with Gasteiger partial charge in [-0.25, -0.2) is 9.59 Å². The summed E-state index contributed by atoms with van der Waals surface area (Å²) in [5.41, 5.74) is 0.447. The molecule has 0 amide bonds. The Morgan fingerprint density at radius 1 is 1.18 bits per heavy atom. The number of carbonyl (C=O) groups excluding carboxylic acids is 2. The zero-order chi connectivity index (χ0) is 20.5. The number of benzene rings is 1. The molecular formula is C20H19NO7. The summed E-state index contributed by atoms with van der Waals surface area (Å²) < 4.78 is 25.7. The van der Waals surface area contributed by atoms with Crippen LogP contribution in [0.2, 0.25) is 0 Å². The van der Waals surface area contributed by atoms with Gasteiger partial charge in [0.1, 0.15) is 24.0 Å². The molecule has 0 aliphatic rings. The van der Waals surface area contributed by atoms with Gasteiger partial charge in [0.25, 0.3) is 0 Å². The average molecular weight is 385 g/mol. The molecule has 1 aromatic heterocycles. The average Bonchev–Trinajstić information content (AvgIpc) is 3.19. The van der Waals surface area contributed by atoms with Gasteiger partial charge in [-0.1, -0.05) is 6.07 Å². The second kappa shape index (κ2) is 9.83. The summed E-state index contributed by atoms with van der Waals surface area (Å²) in [5, 5.41) is 9.12. The number of nitrogens with zero attached hydrogens (tertiary/aromatic N) is 1. The van der Waals surface area contributed by atoms with E-state index in [1.165, 1.54) is 26.4 Å². The third kappa shape index (κ3) is 5.14. The number of hydrogen-bond donors (Lipinski definition) is 0. The topological polar surface area (TPSA) is 108 Å². The van der Waals surface area contributed by atoms with Gasteiger partial charge in [0.05, 0.1) is 20.8 Å². The van der Waals surface area contributed by atoms with E-state index in [0.29, 0.717) is 22.8 Å². The molecule has 0 radical (unpaired) electrons. The van der Waals surface area contributed by atoms with Crippen LogP contribution < -0.4 is 9.47 Å². The molecule has 146 valence electrons. The van der Waals surface area contributed by atoms with Crippen molar-refractivity contribution < 1.29 is 33.0 Å². The van der Waals surface area contributed by atoms with Crippen molar-refractivity contribution >= 4 is 18.0 Å². The Hall–Kier alpha value is -3.73. The third-order valence-electron chi connectivity index (χ3n) is 3.53. The SMILES string of the molecule is CCOC(=O)/C(C#N)=C/c1ccc(OCc2ccc(C(=O)OC)o2)c(OC)c1. The molecule has 2 aromatic rings. The summed E-state index contributed by atoms with van der Waals surface area (Å²) in [6.07, 6.45) is 1.40. The minimum absolute atomic E-state index is 0.0643. The fourth-order valence-corrected chi connectivity index (χ4v) is 2.22. The Labute approximate surface area is 161 Å². The summed E-state index contributed by atoms with van der Waals surface area (Å²) in [5.74, 6) is 0.0652. The fraction of sp³-hybridized carbons (Fsp3) is 0.250. The van der Waals surface area contributed by atoms with E-state index < -0.39 is 11.9 Å². The van der Waals surface area contributed by atoms with Crippen LogP contribution in [0.4, 0.5) is 0 Å². The van der Waals surface area contributed by atoms with Crippen LogP contribution in [-0.4, -0.2) is 32.8 Å². The van der Waals surface area contributed by atoms with Gasteiger partial charge in [-0.15, -0.1) is 0 Å². The maximum absolute atomic E-state index is 11.7. The van der Waals surface area contributed by atoms with Gasteiger partial charge >= 0.3 is 11.9 Å². The predicted octanol–water partition coefficient (Wildman–Crippen LogP) is 3.12. The Balaban J connectivity index is 2.14. The molecule has 2 rings (SSSR count). The van der Waals surface area contributed by atoms with Crippen molar-refractivity contribution in [3.05, 3.63) is 53.0 Å². The zero-order valence-electron chi connectivity index (χ0n) is 15.7. The Kier molecular flexibility index (Phi) is 7.22. The summed E-state index contributed by atoms with van der Waals surface area (Å²) in [6, 6.07) is 9.83. The molecule has 8 heteroatoms. The summed E-state index contributed by atoms with van der Waals surface area (Å²) >= 11 is 0. The van der Waals surface area contributed by atoms with Gasteiger partial charge in [-0.05, 0) is 42.8 Å². The smallest absolute Gasteiger partial charge is 0.373 e. The molecule has 1 aromatic carbocycles. The molecule has 8 nitrogen and oxygen atoms in total. The molecule has 0 bridgehead atoms. The van der Waals surface area contributed by atoms with Crippen LogP contribution in [0.5, 0.6) is 11.5 Å². The molecule has 0 saturated carbocycles. The number of carbonyl (C=O) groups is 2. The van der Waals surface area contributed by atoms with E-state index in [9.17, 15) is 9.59 Å². The van der Waals surface area contributed by atoms with Crippen molar-refractivity contribution in [3.8, 4) is 17.6 Å². The van der Waals surface area contributed by atoms with E-state index in [1.54, 1.807) is 31.2 Å². The summed E-state index contributed by atoms with van der Waals surface area (Å²) in [4.78, 5) is 23.1. The molecule has 0 unspecified atom stereocenters. The monoisotopic (exact) mass is 385 g/mol. The van der Waals surface area contributed by atoms with Gasteiger partial charge in [0, 0.05) is 0 Å². The molecule has 1 heterocycles. The van der Waals surface area contributed by atoms with Crippen LogP contribution in [0.15, 0.2) is 40.3 Å². The number of esters is 2. The van der Waals surface area contributed by atoms with Crippen molar-refractivity contribution in [1.29, 1.82) is 5.26 Å². The maximum atomic E-state index is 11.7. The molecule has 0 saturated heterocycles. The zero-order valence-corrected chi connectivity index (χ0v) is 15.7. The highest BCUT2D eigenvalue weighted by atomic mass is 16.5. The Morgan fingerprint density at radius 2 is 1.96 bits per heavy atom. The second-order valence-electron chi connectivity index (χ2n) is 5.35. The summed E-state index contributed by atoms with van der Waals surface area (Å²) in [7, 11) is 2.73. The quantitative estimate of drug-likeness (QED) is 0.387. The lowest BCUT2D eigenvalue weighted by molar-refractivity contribution is -0.137. The normalized spacial score (nSPS) is 10.7. The maximum Gasteiger partial charge on any atom is 0.373 e. The fourth-order valence-electron chi connectivity index (χ4n) is 2.22. The molecule has 0 aliphatic carbocycles. The molecule has 0 aliphatic heterocycles. The standard InChI is InChI=1S/C20H19NO7/c1-4-26-19(22)14(11-21)9-13-5-7-16(18(10-13)24-2)27-12-15-6-8-17(28-15)20(23)25-3/h5-10H,4,12H2,1-3H3/b14-9+. The highest BCUT2D eigenvalue weighted by Crippen LogP contribution is 2.30. The second-order valence-corrected chi connectivity index (χ2v) is 5.35. The predicted molar refractivity (Wildman–Crippen MR) is 97.6 cm³/mol. The van der Waals surface area contributed by atoms with Crippen molar-refractivity contribution in [2.75, 3.05) is 20.8 Å². The first-order valence-electron chi connectivity index (χ1n) is 8.29. The minimum Gasteiger partial charge on any atom is -0.493 e. The van der Waals surface area contributed by atoms with Crippen LogP contribution in [0.25, 0.3) is 6.08 Å². The van der Waals surface area contributed by atoms with Crippen molar-refractivity contribution in [2.24, 2.45) is 0 Å². The summed E-state index contributed by atoms with van der Waals surface area (Å²) in [6.45, 7) is 1.91. The molecule has 28 heavy (non-hydrogen) atoms. The van der Waals surface area contributed by atoms with Gasteiger partial charge in [0.15, 0.2) is 11.5 Å². The molecule has 0 N–H and O–H groups in total. The van der Waals surface area contributed by atoms with Crippen LogP contribution in [0.3, 0.4) is 0 Å². The van der Waals surface area contributed by atoms with E-state index in [1.807, 2.05) is 6.07 Å². The number of furan rings is 1. The molecular weight excluding hydrogens is 366 g/mol. The first-order valence-corrected chi connectivity index (χ1v) is 8.29. The number of ether oxygens (including phenoxy) is 4. The number of rotatable bonds is 8. The highest BCUT2D eigenvalue weighted by molar-refractivity contribution is 5.97. The van der Waals surface area contributed by atoms with E-state index in [2.05, 4.69) is 4.74 Å². The molecule has 0 atom stereocenters. The minimum atomic E-state index is -0.691. The van der Waals surface area contributed by atoms with Crippen molar-refractivity contribution in [2.45, 2.75) is 13.5 Å². The largest absolute Gasteiger partial charge is 0.493 e. The van der Waals surface area contributed by atoms with E-state index in [4.69, 9.17) is 23.9 Å². The van der Waals surface area contributed by atoms with Crippen LogP contribution >= 0.6 is 0 Å². The van der Waals surface area contributed by atoms with Gasteiger partial charge < -0.3 is 23.4 Å². The Morgan fingerprint density at radius 3 is 2.61 bits per heavy atom. The van der Waals surface area contributed by atoms with Crippen LogP contribution in [0.1, 0.15) is 28.8 Å².